The average molecular weight is 437 g/mol. The van der Waals surface area contributed by atoms with Gasteiger partial charge in [-0.05, 0) is 48.2 Å². The molecule has 2 atom stereocenters. The maximum absolute atomic E-state index is 11.5. The number of nitrogens with zero attached hydrogens (tertiary/aromatic N) is 1. The summed E-state index contributed by atoms with van der Waals surface area (Å²) in [5.41, 5.74) is 2.37. The first-order chi connectivity index (χ1) is 15.5. The first-order valence-electron chi connectivity index (χ1n) is 10.5. The summed E-state index contributed by atoms with van der Waals surface area (Å²) in [6.07, 6.45) is -0.0986. The fourth-order valence-corrected chi connectivity index (χ4v) is 3.36. The summed E-state index contributed by atoms with van der Waals surface area (Å²) in [7, 11) is 1.63. The molecule has 0 amide bonds. The maximum Gasteiger partial charge on any atom is 0.311 e. The van der Waals surface area contributed by atoms with E-state index < -0.39 is 11.0 Å². The van der Waals surface area contributed by atoms with Crippen LogP contribution in [0.4, 0.5) is 5.69 Å². The van der Waals surface area contributed by atoms with Crippen LogP contribution in [0, 0.1) is 10.1 Å². The standard InChI is InChI=1S/C25H28N2O5/c1-18(14-19-8-11-22(31-2)12-9-19)26-16-24(28)21-10-13-25(23(15-21)27(29)30)32-17-20-6-4-3-5-7-20/h3-13,15,18,24,26,28H,14,16-17H2,1-2H3. The van der Waals surface area contributed by atoms with E-state index in [0.29, 0.717) is 5.56 Å². The SMILES string of the molecule is COc1ccc(CC(C)NCC(O)c2ccc(OCc3ccccc3)c([N+](=O)[O-])c2)cc1. The number of nitrogens with one attached hydrogen (secondary N) is 1. The van der Waals surface area contributed by atoms with Gasteiger partial charge >= 0.3 is 5.69 Å². The van der Waals surface area contributed by atoms with E-state index in [1.54, 1.807) is 19.2 Å². The lowest BCUT2D eigenvalue weighted by Gasteiger charge is -2.18. The van der Waals surface area contributed by atoms with Crippen molar-refractivity contribution in [1.82, 2.24) is 5.32 Å². The summed E-state index contributed by atoms with van der Waals surface area (Å²) in [4.78, 5) is 11.1. The number of ether oxygens (including phenoxy) is 2. The molecule has 7 heteroatoms. The highest BCUT2D eigenvalue weighted by Gasteiger charge is 2.19. The Labute approximate surface area is 187 Å². The van der Waals surface area contributed by atoms with Gasteiger partial charge in [0.05, 0.1) is 18.1 Å². The lowest BCUT2D eigenvalue weighted by atomic mass is 10.1. The molecule has 0 heterocycles. The molecule has 0 aliphatic heterocycles. The van der Waals surface area contributed by atoms with E-state index in [-0.39, 0.29) is 30.6 Å². The van der Waals surface area contributed by atoms with E-state index in [9.17, 15) is 15.2 Å². The van der Waals surface area contributed by atoms with E-state index in [1.807, 2.05) is 61.5 Å². The smallest absolute Gasteiger partial charge is 0.311 e. The van der Waals surface area contributed by atoms with Crippen molar-refractivity contribution in [3.8, 4) is 11.5 Å². The zero-order valence-corrected chi connectivity index (χ0v) is 18.2. The molecule has 0 radical (unpaired) electrons. The molecule has 0 spiro atoms. The highest BCUT2D eigenvalue weighted by molar-refractivity contribution is 5.49. The first kappa shape index (κ1) is 23.2. The van der Waals surface area contributed by atoms with Crippen molar-refractivity contribution < 1.29 is 19.5 Å². The minimum atomic E-state index is -0.879. The molecule has 3 rings (SSSR count). The summed E-state index contributed by atoms with van der Waals surface area (Å²) < 4.78 is 10.8. The highest BCUT2D eigenvalue weighted by atomic mass is 16.6. The Morgan fingerprint density at radius 2 is 1.75 bits per heavy atom. The molecule has 0 aliphatic carbocycles. The van der Waals surface area contributed by atoms with Gasteiger partial charge in [0.25, 0.3) is 0 Å². The number of aliphatic hydroxyl groups excluding tert-OH is 1. The third-order valence-corrected chi connectivity index (χ3v) is 5.16. The second kappa shape index (κ2) is 11.3. The molecule has 0 saturated heterocycles. The van der Waals surface area contributed by atoms with Crippen LogP contribution >= 0.6 is 0 Å². The predicted molar refractivity (Wildman–Crippen MR) is 123 cm³/mol. The van der Waals surface area contributed by atoms with Gasteiger partial charge in [-0.25, -0.2) is 0 Å². The van der Waals surface area contributed by atoms with Gasteiger partial charge < -0.3 is 19.9 Å². The topological polar surface area (TPSA) is 93.9 Å². The summed E-state index contributed by atoms with van der Waals surface area (Å²) >= 11 is 0. The Balaban J connectivity index is 1.58. The molecule has 7 nitrogen and oxygen atoms in total. The van der Waals surface area contributed by atoms with E-state index in [2.05, 4.69) is 5.32 Å². The van der Waals surface area contributed by atoms with E-state index in [4.69, 9.17) is 9.47 Å². The lowest BCUT2D eigenvalue weighted by Crippen LogP contribution is -2.32. The van der Waals surface area contributed by atoms with Crippen LogP contribution in [-0.4, -0.2) is 29.7 Å². The fourth-order valence-electron chi connectivity index (χ4n) is 3.36. The van der Waals surface area contributed by atoms with Crippen LogP contribution in [0.1, 0.15) is 29.7 Å². The van der Waals surface area contributed by atoms with Crippen molar-refractivity contribution in [3.63, 3.8) is 0 Å². The number of rotatable bonds is 11. The van der Waals surface area contributed by atoms with Crippen molar-refractivity contribution in [1.29, 1.82) is 0 Å². The van der Waals surface area contributed by atoms with Crippen LogP contribution in [0.3, 0.4) is 0 Å². The van der Waals surface area contributed by atoms with Gasteiger partial charge in [-0.3, -0.25) is 10.1 Å². The molecular formula is C25H28N2O5. The minimum absolute atomic E-state index is 0.113. The summed E-state index contributed by atoms with van der Waals surface area (Å²) in [6.45, 7) is 2.53. The third-order valence-electron chi connectivity index (χ3n) is 5.16. The van der Waals surface area contributed by atoms with Gasteiger partial charge in [0, 0.05) is 18.7 Å². The number of nitro groups is 1. The first-order valence-corrected chi connectivity index (χ1v) is 10.5. The molecule has 3 aromatic rings. The number of benzene rings is 3. The molecule has 32 heavy (non-hydrogen) atoms. The van der Waals surface area contributed by atoms with E-state index >= 15 is 0 Å². The van der Waals surface area contributed by atoms with Crippen molar-refractivity contribution in [3.05, 3.63) is 99.6 Å². The summed E-state index contributed by atoms with van der Waals surface area (Å²) in [6, 6.07) is 22.0. The zero-order valence-electron chi connectivity index (χ0n) is 18.2. The number of hydrogen-bond donors (Lipinski definition) is 2. The van der Waals surface area contributed by atoms with E-state index in [1.165, 1.54) is 6.07 Å². The normalized spacial score (nSPS) is 12.7. The van der Waals surface area contributed by atoms with Crippen LogP contribution in [0.5, 0.6) is 11.5 Å². The molecule has 0 bridgehead atoms. The Kier molecular flexibility index (Phi) is 8.19. The number of hydrogen-bond acceptors (Lipinski definition) is 6. The Bertz CT molecular complexity index is 1010. The molecular weight excluding hydrogens is 408 g/mol. The second-order valence-electron chi connectivity index (χ2n) is 7.64. The van der Waals surface area contributed by atoms with Crippen LogP contribution in [0.15, 0.2) is 72.8 Å². The highest BCUT2D eigenvalue weighted by Crippen LogP contribution is 2.31. The van der Waals surface area contributed by atoms with Crippen LogP contribution < -0.4 is 14.8 Å². The van der Waals surface area contributed by atoms with Gasteiger partial charge in [0.15, 0.2) is 5.75 Å². The summed E-state index contributed by atoms with van der Waals surface area (Å²) in [5, 5.41) is 25.4. The summed E-state index contributed by atoms with van der Waals surface area (Å²) in [5.74, 6) is 0.984. The van der Waals surface area contributed by atoms with Gasteiger partial charge in [-0.15, -0.1) is 0 Å². The molecule has 0 aliphatic rings. The van der Waals surface area contributed by atoms with Crippen LogP contribution in [-0.2, 0) is 13.0 Å². The van der Waals surface area contributed by atoms with Crippen LogP contribution in [0.2, 0.25) is 0 Å². The van der Waals surface area contributed by atoms with Crippen molar-refractivity contribution in [2.45, 2.75) is 32.1 Å². The number of nitro benzene ring substituents is 1. The number of aliphatic hydroxyl groups is 1. The van der Waals surface area contributed by atoms with Crippen molar-refractivity contribution in [2.75, 3.05) is 13.7 Å². The molecule has 2 unspecified atom stereocenters. The number of methoxy groups -OCH3 is 1. The fraction of sp³-hybridized carbons (Fsp3) is 0.280. The monoisotopic (exact) mass is 436 g/mol. The van der Waals surface area contributed by atoms with Crippen molar-refractivity contribution in [2.24, 2.45) is 0 Å². The Hall–Kier alpha value is -3.42. The second-order valence-corrected chi connectivity index (χ2v) is 7.64. The molecule has 0 aromatic heterocycles. The van der Waals surface area contributed by atoms with Gasteiger partial charge in [-0.2, -0.15) is 0 Å². The maximum atomic E-state index is 11.5. The average Bonchev–Trinajstić information content (AvgIpc) is 2.82. The minimum Gasteiger partial charge on any atom is -0.497 e. The third kappa shape index (κ3) is 6.54. The lowest BCUT2D eigenvalue weighted by molar-refractivity contribution is -0.386. The molecule has 0 fully saturated rings. The predicted octanol–water partition coefficient (Wildman–Crippen LogP) is 4.44. The van der Waals surface area contributed by atoms with Crippen LogP contribution in [0.25, 0.3) is 0 Å². The Morgan fingerprint density at radius 3 is 2.41 bits per heavy atom. The van der Waals surface area contributed by atoms with E-state index in [0.717, 1.165) is 23.3 Å². The molecule has 3 aromatic carbocycles. The van der Waals surface area contributed by atoms with Crippen molar-refractivity contribution >= 4 is 5.69 Å². The van der Waals surface area contributed by atoms with Gasteiger partial charge in [-0.1, -0.05) is 48.5 Å². The van der Waals surface area contributed by atoms with Gasteiger partial charge in [0.1, 0.15) is 12.4 Å². The Morgan fingerprint density at radius 1 is 1.03 bits per heavy atom. The molecule has 0 saturated carbocycles. The quantitative estimate of drug-likeness (QED) is 0.341. The van der Waals surface area contributed by atoms with Gasteiger partial charge in [0.2, 0.25) is 0 Å². The largest absolute Gasteiger partial charge is 0.497 e. The molecule has 2 N–H and O–H groups in total. The molecule has 168 valence electrons. The zero-order chi connectivity index (χ0) is 22.9.